The third-order valence-electron chi connectivity index (χ3n) is 2.98. The number of ether oxygens (including phenoxy) is 1. The van der Waals surface area contributed by atoms with Gasteiger partial charge in [-0.05, 0) is 46.1 Å². The molecule has 0 spiro atoms. The van der Waals surface area contributed by atoms with Crippen LogP contribution in [0.1, 0.15) is 25.2 Å². The Morgan fingerprint density at radius 2 is 2.19 bits per heavy atom. The highest BCUT2D eigenvalue weighted by atomic mass is 79.9. The maximum absolute atomic E-state index is 5.23. The third kappa shape index (κ3) is 4.82. The number of nitrogens with zero attached hydrogens (tertiary/aromatic N) is 3. The Kier molecular flexibility index (Phi) is 5.76. The van der Waals surface area contributed by atoms with Gasteiger partial charge in [0.25, 0.3) is 0 Å². The molecule has 114 valence electrons. The lowest BCUT2D eigenvalue weighted by Crippen LogP contribution is -2.19. The minimum atomic E-state index is 0.628. The average molecular weight is 353 g/mol. The molecule has 21 heavy (non-hydrogen) atoms. The minimum absolute atomic E-state index is 0.628. The van der Waals surface area contributed by atoms with Crippen LogP contribution >= 0.6 is 15.9 Å². The largest absolute Gasteiger partial charge is 0.496 e. The van der Waals surface area contributed by atoms with E-state index < -0.39 is 0 Å². The van der Waals surface area contributed by atoms with Gasteiger partial charge in [-0.2, -0.15) is 5.10 Å². The zero-order valence-electron chi connectivity index (χ0n) is 12.6. The van der Waals surface area contributed by atoms with Gasteiger partial charge in [0.05, 0.1) is 24.7 Å². The molecule has 0 aliphatic heterocycles. The lowest BCUT2D eigenvalue weighted by atomic mass is 10.2. The van der Waals surface area contributed by atoms with Crippen LogP contribution in [0.3, 0.4) is 0 Å². The predicted octanol–water partition coefficient (Wildman–Crippen LogP) is 2.84. The van der Waals surface area contributed by atoms with E-state index in [0.717, 1.165) is 28.2 Å². The van der Waals surface area contributed by atoms with Crippen LogP contribution in [0.5, 0.6) is 5.75 Å². The molecule has 1 N–H and O–H groups in total. The molecule has 0 unspecified atom stereocenters. The van der Waals surface area contributed by atoms with Gasteiger partial charge in [0.2, 0.25) is 0 Å². The number of nitrogens with one attached hydrogen (secondary N) is 1. The van der Waals surface area contributed by atoms with Crippen LogP contribution in [0.25, 0.3) is 0 Å². The van der Waals surface area contributed by atoms with E-state index in [4.69, 9.17) is 4.74 Å². The Bertz CT molecular complexity index is 583. The smallest absolute Gasteiger partial charge is 0.164 e. The van der Waals surface area contributed by atoms with Gasteiger partial charge in [-0.15, -0.1) is 0 Å². The van der Waals surface area contributed by atoms with Gasteiger partial charge in [-0.1, -0.05) is 19.9 Å². The first kappa shape index (κ1) is 16.0. The summed E-state index contributed by atoms with van der Waals surface area (Å²) < 4.78 is 8.02. The molecule has 0 bridgehead atoms. The summed E-state index contributed by atoms with van der Waals surface area (Å²) in [4.78, 5) is 4.32. The molecule has 0 amide bonds. The second-order valence-electron chi connectivity index (χ2n) is 5.35. The SMILES string of the molecule is COc1ccc(Cn2cnc(CNCC(C)C)n2)cc1Br. The van der Waals surface area contributed by atoms with E-state index in [9.17, 15) is 0 Å². The molecule has 2 aromatic rings. The van der Waals surface area contributed by atoms with Crippen molar-refractivity contribution in [3.63, 3.8) is 0 Å². The second kappa shape index (κ2) is 7.56. The number of benzene rings is 1. The molecule has 0 radical (unpaired) electrons. The molecule has 0 saturated carbocycles. The molecular formula is C15H21BrN4O. The fourth-order valence-electron chi connectivity index (χ4n) is 1.96. The molecule has 0 aliphatic rings. The first-order valence-electron chi connectivity index (χ1n) is 7.00. The van der Waals surface area contributed by atoms with Crippen LogP contribution in [0, 0.1) is 5.92 Å². The van der Waals surface area contributed by atoms with E-state index in [0.29, 0.717) is 19.0 Å². The number of methoxy groups -OCH3 is 1. The average Bonchev–Trinajstić information content (AvgIpc) is 2.86. The molecule has 1 heterocycles. The zero-order valence-corrected chi connectivity index (χ0v) is 14.2. The van der Waals surface area contributed by atoms with Gasteiger partial charge in [0, 0.05) is 0 Å². The van der Waals surface area contributed by atoms with Crippen LogP contribution < -0.4 is 10.1 Å². The van der Waals surface area contributed by atoms with Crippen molar-refractivity contribution in [3.05, 3.63) is 40.4 Å². The molecule has 1 aromatic carbocycles. The van der Waals surface area contributed by atoms with Gasteiger partial charge in [-0.25, -0.2) is 9.67 Å². The maximum Gasteiger partial charge on any atom is 0.164 e. The summed E-state index contributed by atoms with van der Waals surface area (Å²) in [6.07, 6.45) is 1.77. The van der Waals surface area contributed by atoms with Crippen molar-refractivity contribution in [2.45, 2.75) is 26.9 Å². The van der Waals surface area contributed by atoms with E-state index >= 15 is 0 Å². The predicted molar refractivity (Wildman–Crippen MR) is 86.4 cm³/mol. The van der Waals surface area contributed by atoms with Gasteiger partial charge >= 0.3 is 0 Å². The molecule has 0 aliphatic carbocycles. The lowest BCUT2D eigenvalue weighted by molar-refractivity contribution is 0.412. The van der Waals surface area contributed by atoms with E-state index in [1.54, 1.807) is 13.4 Å². The molecule has 0 atom stereocenters. The number of rotatable bonds is 7. The van der Waals surface area contributed by atoms with Crippen molar-refractivity contribution < 1.29 is 4.74 Å². The number of aromatic nitrogens is 3. The monoisotopic (exact) mass is 352 g/mol. The van der Waals surface area contributed by atoms with E-state index in [2.05, 4.69) is 45.2 Å². The van der Waals surface area contributed by atoms with Gasteiger partial charge in [0.1, 0.15) is 12.1 Å². The van der Waals surface area contributed by atoms with E-state index in [-0.39, 0.29) is 0 Å². The fraction of sp³-hybridized carbons (Fsp3) is 0.467. The Morgan fingerprint density at radius 1 is 1.38 bits per heavy atom. The molecule has 0 saturated heterocycles. The second-order valence-corrected chi connectivity index (χ2v) is 6.21. The van der Waals surface area contributed by atoms with Gasteiger partial charge < -0.3 is 10.1 Å². The molecule has 0 fully saturated rings. The number of hydrogen-bond donors (Lipinski definition) is 1. The van der Waals surface area contributed by atoms with Gasteiger partial charge in [-0.3, -0.25) is 0 Å². The molecule has 6 heteroatoms. The van der Waals surface area contributed by atoms with Crippen LogP contribution in [0.2, 0.25) is 0 Å². The van der Waals surface area contributed by atoms with Crippen LogP contribution in [0.15, 0.2) is 29.0 Å². The van der Waals surface area contributed by atoms with Crippen LogP contribution in [-0.4, -0.2) is 28.4 Å². The highest BCUT2D eigenvalue weighted by molar-refractivity contribution is 9.10. The van der Waals surface area contributed by atoms with Crippen molar-refractivity contribution >= 4 is 15.9 Å². The van der Waals surface area contributed by atoms with Gasteiger partial charge in [0.15, 0.2) is 5.82 Å². The van der Waals surface area contributed by atoms with Crippen molar-refractivity contribution in [3.8, 4) is 5.75 Å². The Hall–Kier alpha value is -1.40. The topological polar surface area (TPSA) is 52.0 Å². The normalized spacial score (nSPS) is 11.1. The summed E-state index contributed by atoms with van der Waals surface area (Å²) in [7, 11) is 1.66. The van der Waals surface area contributed by atoms with Crippen molar-refractivity contribution in [1.29, 1.82) is 0 Å². The summed E-state index contributed by atoms with van der Waals surface area (Å²) in [6, 6.07) is 6.01. The summed E-state index contributed by atoms with van der Waals surface area (Å²) >= 11 is 3.49. The molecule has 5 nitrogen and oxygen atoms in total. The van der Waals surface area contributed by atoms with Crippen LogP contribution in [-0.2, 0) is 13.1 Å². The minimum Gasteiger partial charge on any atom is -0.496 e. The first-order valence-corrected chi connectivity index (χ1v) is 7.79. The van der Waals surface area contributed by atoms with E-state index in [1.165, 1.54) is 0 Å². The maximum atomic E-state index is 5.23. The van der Waals surface area contributed by atoms with Crippen molar-refractivity contribution in [2.24, 2.45) is 5.92 Å². The van der Waals surface area contributed by atoms with E-state index in [1.807, 2.05) is 22.9 Å². The zero-order chi connectivity index (χ0) is 15.2. The fourth-order valence-corrected chi connectivity index (χ4v) is 2.55. The van der Waals surface area contributed by atoms with Crippen LogP contribution in [0.4, 0.5) is 0 Å². The van der Waals surface area contributed by atoms with Crippen molar-refractivity contribution in [2.75, 3.05) is 13.7 Å². The quantitative estimate of drug-likeness (QED) is 0.832. The highest BCUT2D eigenvalue weighted by Crippen LogP contribution is 2.25. The standard InChI is InChI=1S/C15H21BrN4O/c1-11(2)7-17-8-15-18-10-20(19-15)9-12-4-5-14(21-3)13(16)6-12/h4-6,10-11,17H,7-9H2,1-3H3. The summed E-state index contributed by atoms with van der Waals surface area (Å²) in [6.45, 7) is 6.73. The van der Waals surface area contributed by atoms with Crippen molar-refractivity contribution in [1.82, 2.24) is 20.1 Å². The molecule has 1 aromatic heterocycles. The highest BCUT2D eigenvalue weighted by Gasteiger charge is 2.05. The lowest BCUT2D eigenvalue weighted by Gasteiger charge is -2.06. The third-order valence-corrected chi connectivity index (χ3v) is 3.60. The first-order chi connectivity index (χ1) is 10.1. The molecular weight excluding hydrogens is 332 g/mol. The molecule has 2 rings (SSSR count). The summed E-state index contributed by atoms with van der Waals surface area (Å²) in [5.41, 5.74) is 1.15. The Morgan fingerprint density at radius 3 is 2.86 bits per heavy atom. The number of halogens is 1. The number of hydrogen-bond acceptors (Lipinski definition) is 4. The summed E-state index contributed by atoms with van der Waals surface area (Å²) in [5, 5.41) is 7.81. The Labute approximate surface area is 133 Å². The Balaban J connectivity index is 1.94. The summed E-state index contributed by atoms with van der Waals surface area (Å²) in [5.74, 6) is 2.28.